The zero-order chi connectivity index (χ0) is 12.5. The van der Waals surface area contributed by atoms with Crippen LogP contribution in [0.4, 0.5) is 11.6 Å². The zero-order valence-electron chi connectivity index (χ0n) is 10.8. The molecule has 1 saturated heterocycles. The average molecular weight is 264 g/mol. The summed E-state index contributed by atoms with van der Waals surface area (Å²) in [4.78, 5) is 11.3. The average Bonchev–Trinajstić information content (AvgIpc) is 2.85. The van der Waals surface area contributed by atoms with Gasteiger partial charge in [0.05, 0.1) is 0 Å². The highest BCUT2D eigenvalue weighted by atomic mass is 32.2. The van der Waals surface area contributed by atoms with E-state index in [0.717, 1.165) is 23.4 Å². The predicted octanol–water partition coefficient (Wildman–Crippen LogP) is 2.55. The van der Waals surface area contributed by atoms with Gasteiger partial charge in [-0.1, -0.05) is 18.2 Å². The molecule has 2 fully saturated rings. The lowest BCUT2D eigenvalue weighted by Crippen LogP contribution is -2.43. The van der Waals surface area contributed by atoms with Gasteiger partial charge in [-0.25, -0.2) is 9.97 Å². The number of piperidine rings is 1. The molecule has 0 radical (unpaired) electrons. The molecule has 18 heavy (non-hydrogen) atoms. The van der Waals surface area contributed by atoms with Crippen molar-refractivity contribution in [2.75, 3.05) is 23.4 Å². The van der Waals surface area contributed by atoms with Crippen LogP contribution < -0.4 is 10.6 Å². The number of nitrogens with zero attached hydrogens (tertiary/aromatic N) is 3. The number of hydrogen-bond acceptors (Lipinski definition) is 5. The van der Waals surface area contributed by atoms with Gasteiger partial charge in [-0.05, 0) is 37.9 Å². The molecule has 1 aromatic heterocycles. The van der Waals surface area contributed by atoms with Gasteiger partial charge in [0, 0.05) is 18.7 Å². The Morgan fingerprint density at radius 2 is 2.11 bits per heavy atom. The first-order valence-electron chi connectivity index (χ1n) is 6.73. The number of hydrogen-bond donors (Lipinski definition) is 1. The first-order chi connectivity index (χ1) is 8.78. The van der Waals surface area contributed by atoms with Crippen LogP contribution in [-0.4, -0.2) is 28.8 Å². The van der Waals surface area contributed by atoms with E-state index >= 15 is 0 Å². The smallest absolute Gasteiger partial charge is 0.191 e. The normalized spacial score (nSPS) is 27.3. The van der Waals surface area contributed by atoms with Gasteiger partial charge in [-0.15, -0.1) is 0 Å². The van der Waals surface area contributed by atoms with Crippen molar-refractivity contribution in [3.8, 4) is 0 Å². The molecule has 0 aromatic carbocycles. The molecule has 2 aliphatic rings. The van der Waals surface area contributed by atoms with Crippen molar-refractivity contribution in [3.63, 3.8) is 0 Å². The Kier molecular flexibility index (Phi) is 3.33. The number of rotatable bonds is 2. The monoisotopic (exact) mass is 264 g/mol. The van der Waals surface area contributed by atoms with Gasteiger partial charge in [-0.3, -0.25) is 0 Å². The number of anilines is 2. The van der Waals surface area contributed by atoms with E-state index in [2.05, 4.69) is 14.9 Å². The fourth-order valence-corrected chi connectivity index (χ4v) is 3.79. The van der Waals surface area contributed by atoms with Crippen LogP contribution in [0.15, 0.2) is 11.2 Å². The van der Waals surface area contributed by atoms with Gasteiger partial charge < -0.3 is 10.6 Å². The Hall–Kier alpha value is -0.970. The van der Waals surface area contributed by atoms with E-state index in [0.29, 0.717) is 11.9 Å². The van der Waals surface area contributed by atoms with Crippen LogP contribution in [-0.2, 0) is 0 Å². The molecule has 1 aliphatic carbocycles. The molecule has 3 rings (SSSR count). The largest absolute Gasteiger partial charge is 0.383 e. The second-order valence-electron chi connectivity index (χ2n) is 5.23. The quantitative estimate of drug-likeness (QED) is 0.657. The van der Waals surface area contributed by atoms with Crippen LogP contribution in [0.5, 0.6) is 0 Å². The van der Waals surface area contributed by atoms with Crippen molar-refractivity contribution in [2.45, 2.75) is 43.3 Å². The molecule has 0 bridgehead atoms. The third-order valence-corrected chi connectivity index (χ3v) is 4.73. The van der Waals surface area contributed by atoms with Crippen LogP contribution >= 0.6 is 11.8 Å². The predicted molar refractivity (Wildman–Crippen MR) is 75.9 cm³/mol. The summed E-state index contributed by atoms with van der Waals surface area (Å²) in [5.74, 6) is 2.49. The van der Waals surface area contributed by atoms with Crippen LogP contribution in [0.2, 0.25) is 0 Å². The van der Waals surface area contributed by atoms with Crippen LogP contribution in [0.25, 0.3) is 0 Å². The van der Waals surface area contributed by atoms with Crippen LogP contribution in [0.3, 0.4) is 0 Å². The minimum Gasteiger partial charge on any atom is -0.383 e. The lowest BCUT2D eigenvalue weighted by Gasteiger charge is -2.38. The van der Waals surface area contributed by atoms with Gasteiger partial charge in [0.1, 0.15) is 11.6 Å². The highest BCUT2D eigenvalue weighted by Gasteiger charge is 2.35. The lowest BCUT2D eigenvalue weighted by molar-refractivity contribution is 0.360. The zero-order valence-corrected chi connectivity index (χ0v) is 11.6. The van der Waals surface area contributed by atoms with Crippen molar-refractivity contribution in [2.24, 2.45) is 5.92 Å². The fourth-order valence-electron chi connectivity index (χ4n) is 3.41. The molecule has 5 heteroatoms. The molecule has 2 N–H and O–H groups in total. The summed E-state index contributed by atoms with van der Waals surface area (Å²) in [5, 5.41) is 0.783. The van der Waals surface area contributed by atoms with E-state index in [-0.39, 0.29) is 0 Å². The Morgan fingerprint density at radius 3 is 2.94 bits per heavy atom. The van der Waals surface area contributed by atoms with Crippen LogP contribution in [0, 0.1) is 5.92 Å². The highest BCUT2D eigenvalue weighted by Crippen LogP contribution is 2.38. The molecule has 2 atom stereocenters. The van der Waals surface area contributed by atoms with Crippen molar-refractivity contribution in [1.82, 2.24) is 9.97 Å². The molecule has 0 amide bonds. The third kappa shape index (κ3) is 2.16. The van der Waals surface area contributed by atoms with Crippen molar-refractivity contribution in [3.05, 3.63) is 6.07 Å². The number of thioether (sulfide) groups is 1. The van der Waals surface area contributed by atoms with Gasteiger partial charge in [-0.2, -0.15) is 0 Å². The minimum absolute atomic E-state index is 0.587. The summed E-state index contributed by atoms with van der Waals surface area (Å²) in [5.41, 5.74) is 5.89. The third-order valence-electron chi connectivity index (χ3n) is 4.18. The molecule has 98 valence electrons. The van der Waals surface area contributed by atoms with E-state index in [4.69, 9.17) is 5.73 Å². The van der Waals surface area contributed by atoms with Gasteiger partial charge >= 0.3 is 0 Å². The van der Waals surface area contributed by atoms with E-state index in [9.17, 15) is 0 Å². The second-order valence-corrected chi connectivity index (χ2v) is 6.01. The Bertz CT molecular complexity index is 437. The molecule has 1 aliphatic heterocycles. The van der Waals surface area contributed by atoms with E-state index < -0.39 is 0 Å². The SMILES string of the molecule is CSc1nc(N)cc(N2CCCC3CCCC32)n1. The summed E-state index contributed by atoms with van der Waals surface area (Å²) >= 11 is 1.56. The number of nitrogens with two attached hydrogens (primary N) is 1. The molecule has 1 aromatic rings. The number of aromatic nitrogens is 2. The van der Waals surface area contributed by atoms with Gasteiger partial charge in [0.25, 0.3) is 0 Å². The molecule has 4 nitrogen and oxygen atoms in total. The summed E-state index contributed by atoms with van der Waals surface area (Å²) < 4.78 is 0. The number of fused-ring (bicyclic) bond motifs is 1. The van der Waals surface area contributed by atoms with Gasteiger partial charge in [0.15, 0.2) is 5.16 Å². The maximum absolute atomic E-state index is 5.89. The second kappa shape index (κ2) is 4.96. The molecule has 1 saturated carbocycles. The summed E-state index contributed by atoms with van der Waals surface area (Å²) in [6, 6.07) is 2.61. The summed E-state index contributed by atoms with van der Waals surface area (Å²) in [6.45, 7) is 1.12. The molecule has 2 heterocycles. The highest BCUT2D eigenvalue weighted by molar-refractivity contribution is 7.98. The maximum Gasteiger partial charge on any atom is 0.191 e. The minimum atomic E-state index is 0.587. The van der Waals surface area contributed by atoms with E-state index in [1.54, 1.807) is 11.8 Å². The lowest BCUT2D eigenvalue weighted by atomic mass is 9.92. The molecule has 0 spiro atoms. The number of nitrogen functional groups attached to an aromatic ring is 1. The summed E-state index contributed by atoms with van der Waals surface area (Å²) in [7, 11) is 0. The van der Waals surface area contributed by atoms with Crippen molar-refractivity contribution >= 4 is 23.4 Å². The Balaban J connectivity index is 1.90. The van der Waals surface area contributed by atoms with E-state index in [1.165, 1.54) is 32.1 Å². The molecular formula is C13H20N4S. The molecular weight excluding hydrogens is 244 g/mol. The van der Waals surface area contributed by atoms with Gasteiger partial charge in [0.2, 0.25) is 0 Å². The van der Waals surface area contributed by atoms with Crippen LogP contribution in [0.1, 0.15) is 32.1 Å². The first-order valence-corrected chi connectivity index (χ1v) is 7.95. The van der Waals surface area contributed by atoms with Crippen molar-refractivity contribution in [1.29, 1.82) is 0 Å². The maximum atomic E-state index is 5.89. The standard InChI is InChI=1S/C13H20N4S/c1-18-13-15-11(14)8-12(16-13)17-7-3-5-9-4-2-6-10(9)17/h8-10H,2-7H2,1H3,(H2,14,15,16). The summed E-state index contributed by atoms with van der Waals surface area (Å²) in [6.07, 6.45) is 8.71. The van der Waals surface area contributed by atoms with E-state index in [1.807, 2.05) is 12.3 Å². The van der Waals surface area contributed by atoms with Crippen molar-refractivity contribution < 1.29 is 0 Å². The Morgan fingerprint density at radius 1 is 1.28 bits per heavy atom. The fraction of sp³-hybridized carbons (Fsp3) is 0.692. The molecule has 2 unspecified atom stereocenters. The first kappa shape index (κ1) is 12.1. The Labute approximate surface area is 112 Å². The topological polar surface area (TPSA) is 55.0 Å².